The van der Waals surface area contributed by atoms with E-state index in [0.29, 0.717) is 12.1 Å². The van der Waals surface area contributed by atoms with Crippen molar-refractivity contribution in [2.75, 3.05) is 6.54 Å². The van der Waals surface area contributed by atoms with Gasteiger partial charge in [-0.2, -0.15) is 5.10 Å². The molecule has 1 aromatic heterocycles. The van der Waals surface area contributed by atoms with Crippen LogP contribution in [0.2, 0.25) is 0 Å². The Hall–Kier alpha value is -3.10. The zero-order valence-electron chi connectivity index (χ0n) is 21.6. The summed E-state index contributed by atoms with van der Waals surface area (Å²) in [6.45, 7) is 10.5. The van der Waals surface area contributed by atoms with E-state index < -0.39 is 23.8 Å². The van der Waals surface area contributed by atoms with Gasteiger partial charge >= 0.3 is 0 Å². The second-order valence-electron chi connectivity index (χ2n) is 10.6. The van der Waals surface area contributed by atoms with Crippen LogP contribution in [0.3, 0.4) is 0 Å². The van der Waals surface area contributed by atoms with Gasteiger partial charge in [-0.15, -0.1) is 0 Å². The Labute approximate surface area is 211 Å². The van der Waals surface area contributed by atoms with E-state index in [1.807, 2.05) is 23.9 Å². The van der Waals surface area contributed by atoms with Crippen LogP contribution in [0.15, 0.2) is 48.7 Å². The minimum atomic E-state index is -0.978. The lowest BCUT2D eigenvalue weighted by molar-refractivity contribution is -0.120. The van der Waals surface area contributed by atoms with Crippen LogP contribution in [0.1, 0.15) is 50.1 Å². The van der Waals surface area contributed by atoms with Crippen LogP contribution in [-0.4, -0.2) is 39.5 Å². The molecule has 36 heavy (non-hydrogen) atoms. The second kappa shape index (κ2) is 11.8. The normalized spacial score (nSPS) is 13.4. The lowest BCUT2D eigenvalue weighted by Gasteiger charge is -2.25. The first-order chi connectivity index (χ1) is 16.9. The molecule has 2 atom stereocenters. The molecule has 6 nitrogen and oxygen atoms in total. The van der Waals surface area contributed by atoms with Gasteiger partial charge in [-0.05, 0) is 66.1 Å². The van der Waals surface area contributed by atoms with Gasteiger partial charge in [-0.3, -0.25) is 4.79 Å². The van der Waals surface area contributed by atoms with E-state index in [1.54, 1.807) is 0 Å². The Morgan fingerprint density at radius 1 is 1.08 bits per heavy atom. The van der Waals surface area contributed by atoms with Gasteiger partial charge in [0.2, 0.25) is 5.91 Å². The van der Waals surface area contributed by atoms with Crippen LogP contribution in [-0.2, 0) is 24.2 Å². The summed E-state index contributed by atoms with van der Waals surface area (Å²) in [7, 11) is 0. The van der Waals surface area contributed by atoms with E-state index in [2.05, 4.69) is 54.7 Å². The van der Waals surface area contributed by atoms with Gasteiger partial charge in [0.1, 0.15) is 11.6 Å². The van der Waals surface area contributed by atoms with E-state index in [9.17, 15) is 18.7 Å². The Kier molecular flexibility index (Phi) is 8.98. The zero-order valence-corrected chi connectivity index (χ0v) is 21.6. The highest BCUT2D eigenvalue weighted by Gasteiger charge is 2.22. The van der Waals surface area contributed by atoms with E-state index in [4.69, 9.17) is 0 Å². The number of halogens is 2. The summed E-state index contributed by atoms with van der Waals surface area (Å²) in [6.07, 6.45) is 1.94. The maximum atomic E-state index is 13.6. The second-order valence-corrected chi connectivity index (χ2v) is 10.6. The number of benzene rings is 2. The topological polar surface area (TPSA) is 79.2 Å². The van der Waals surface area contributed by atoms with Gasteiger partial charge in [0, 0.05) is 32.3 Å². The standard InChI is InChI=1S/C28H36F2N4O2/c1-18-8-9-34(33-18)26-7-6-20(15-28(3,4)5)10-22(26)16-31-17-27(36)25(32-19(2)35)13-21-11-23(29)14-24(30)12-21/h6-12,14,25,27,31,36H,13,15-17H2,1-5H3,(H,32,35). The molecular formula is C28H36F2N4O2. The Balaban J connectivity index is 1.74. The van der Waals surface area contributed by atoms with Crippen molar-refractivity contribution in [2.24, 2.45) is 5.41 Å². The molecule has 3 aromatic rings. The molecule has 3 N–H and O–H groups in total. The maximum Gasteiger partial charge on any atom is 0.217 e. The van der Waals surface area contributed by atoms with E-state index in [-0.39, 0.29) is 24.3 Å². The molecule has 194 valence electrons. The molecule has 0 saturated carbocycles. The summed E-state index contributed by atoms with van der Waals surface area (Å²) >= 11 is 0. The highest BCUT2D eigenvalue weighted by molar-refractivity contribution is 5.73. The maximum absolute atomic E-state index is 13.6. The SMILES string of the molecule is CC(=O)NC(Cc1cc(F)cc(F)c1)C(O)CNCc1cc(CC(C)(C)C)ccc1-n1ccc(C)n1. The van der Waals surface area contributed by atoms with Gasteiger partial charge in [0.15, 0.2) is 0 Å². The van der Waals surface area contributed by atoms with Crippen molar-refractivity contribution in [2.45, 2.75) is 66.2 Å². The zero-order chi connectivity index (χ0) is 26.5. The van der Waals surface area contributed by atoms with Crippen LogP contribution in [0.25, 0.3) is 5.69 Å². The van der Waals surface area contributed by atoms with Crippen molar-refractivity contribution < 1.29 is 18.7 Å². The number of rotatable bonds is 10. The molecule has 1 amide bonds. The molecule has 0 aliphatic rings. The number of aryl methyl sites for hydroxylation is 1. The Bertz CT molecular complexity index is 1170. The number of nitrogens with one attached hydrogen (secondary N) is 2. The Morgan fingerprint density at radius 3 is 2.36 bits per heavy atom. The number of carbonyl (C=O) groups is 1. The minimum Gasteiger partial charge on any atom is -0.390 e. The smallest absolute Gasteiger partial charge is 0.217 e. The van der Waals surface area contributed by atoms with Gasteiger partial charge in [-0.1, -0.05) is 32.9 Å². The molecule has 1 heterocycles. The lowest BCUT2D eigenvalue weighted by atomic mass is 9.87. The van der Waals surface area contributed by atoms with Crippen LogP contribution < -0.4 is 10.6 Å². The molecule has 8 heteroatoms. The molecular weight excluding hydrogens is 462 g/mol. The monoisotopic (exact) mass is 498 g/mol. The fourth-order valence-electron chi connectivity index (χ4n) is 4.30. The van der Waals surface area contributed by atoms with Crippen molar-refractivity contribution in [1.82, 2.24) is 20.4 Å². The third-order valence-corrected chi connectivity index (χ3v) is 5.75. The van der Waals surface area contributed by atoms with Gasteiger partial charge in [0.05, 0.1) is 23.5 Å². The van der Waals surface area contributed by atoms with Gasteiger partial charge < -0.3 is 15.7 Å². The van der Waals surface area contributed by atoms with Crippen LogP contribution in [0, 0.1) is 24.0 Å². The van der Waals surface area contributed by atoms with E-state index in [1.165, 1.54) is 24.6 Å². The average molecular weight is 499 g/mol. The first-order valence-corrected chi connectivity index (χ1v) is 12.1. The number of nitrogens with zero attached hydrogens (tertiary/aromatic N) is 2. The molecule has 0 aliphatic heterocycles. The number of aliphatic hydroxyl groups is 1. The molecule has 0 spiro atoms. The summed E-state index contributed by atoms with van der Waals surface area (Å²) in [6, 6.07) is 10.8. The number of hydrogen-bond acceptors (Lipinski definition) is 4. The number of amides is 1. The molecule has 3 rings (SSSR count). The minimum absolute atomic E-state index is 0.0932. The molecule has 0 aliphatic carbocycles. The summed E-state index contributed by atoms with van der Waals surface area (Å²) in [4.78, 5) is 11.7. The van der Waals surface area contributed by atoms with Crippen molar-refractivity contribution in [3.05, 3.63) is 82.7 Å². The number of aromatic nitrogens is 2. The summed E-state index contributed by atoms with van der Waals surface area (Å²) in [5.74, 6) is -1.73. The lowest BCUT2D eigenvalue weighted by Crippen LogP contribution is -2.48. The summed E-state index contributed by atoms with van der Waals surface area (Å²) < 4.78 is 29.1. The van der Waals surface area contributed by atoms with Gasteiger partial charge in [0.25, 0.3) is 0 Å². The van der Waals surface area contributed by atoms with Crippen LogP contribution in [0.5, 0.6) is 0 Å². The third-order valence-electron chi connectivity index (χ3n) is 5.75. The third kappa shape index (κ3) is 8.24. The quantitative estimate of drug-likeness (QED) is 0.391. The van der Waals surface area contributed by atoms with Gasteiger partial charge in [-0.25, -0.2) is 13.5 Å². The predicted octanol–water partition coefficient (Wildman–Crippen LogP) is 4.25. The molecule has 2 aromatic carbocycles. The van der Waals surface area contributed by atoms with E-state index in [0.717, 1.165) is 29.4 Å². The highest BCUT2D eigenvalue weighted by atomic mass is 19.1. The number of hydrogen-bond donors (Lipinski definition) is 3. The fraction of sp³-hybridized carbons (Fsp3) is 0.429. The van der Waals surface area contributed by atoms with Crippen molar-refractivity contribution in [3.8, 4) is 5.69 Å². The molecule has 0 radical (unpaired) electrons. The molecule has 2 unspecified atom stereocenters. The largest absolute Gasteiger partial charge is 0.390 e. The molecule has 0 fully saturated rings. The van der Waals surface area contributed by atoms with Crippen molar-refractivity contribution >= 4 is 5.91 Å². The summed E-state index contributed by atoms with van der Waals surface area (Å²) in [5, 5.41) is 21.4. The van der Waals surface area contributed by atoms with Crippen molar-refractivity contribution in [1.29, 1.82) is 0 Å². The van der Waals surface area contributed by atoms with Crippen LogP contribution in [0.4, 0.5) is 8.78 Å². The van der Waals surface area contributed by atoms with Crippen LogP contribution >= 0.6 is 0 Å². The summed E-state index contributed by atoms with van der Waals surface area (Å²) in [5.41, 5.74) is 4.57. The van der Waals surface area contributed by atoms with Crippen molar-refractivity contribution in [3.63, 3.8) is 0 Å². The predicted molar refractivity (Wildman–Crippen MR) is 137 cm³/mol. The van der Waals surface area contributed by atoms with E-state index >= 15 is 0 Å². The molecule has 0 saturated heterocycles. The Morgan fingerprint density at radius 2 is 1.78 bits per heavy atom. The number of aliphatic hydroxyl groups excluding tert-OH is 1. The first kappa shape index (κ1) is 27.5. The highest BCUT2D eigenvalue weighted by Crippen LogP contribution is 2.24. The number of carbonyl (C=O) groups excluding carboxylic acids is 1. The average Bonchev–Trinajstić information content (AvgIpc) is 3.17. The fourth-order valence-corrected chi connectivity index (χ4v) is 4.30. The first-order valence-electron chi connectivity index (χ1n) is 12.1. The molecule has 0 bridgehead atoms.